The lowest BCUT2D eigenvalue weighted by Gasteiger charge is -2.09. The van der Waals surface area contributed by atoms with E-state index in [9.17, 15) is 9.90 Å². The number of hydrogen-bond acceptors (Lipinski definition) is 7. The lowest BCUT2D eigenvalue weighted by Crippen LogP contribution is -2.09. The quantitative estimate of drug-likeness (QED) is 0.532. The van der Waals surface area contributed by atoms with E-state index in [1.165, 1.54) is 7.11 Å². The molecule has 0 aliphatic rings. The summed E-state index contributed by atoms with van der Waals surface area (Å²) in [5.74, 6) is 1.10. The molecule has 2 N–H and O–H groups in total. The average Bonchev–Trinajstić information content (AvgIpc) is 3.19. The molecule has 0 fully saturated rings. The zero-order chi connectivity index (χ0) is 20.5. The Labute approximate surface area is 165 Å². The summed E-state index contributed by atoms with van der Waals surface area (Å²) >= 11 is 0. The van der Waals surface area contributed by atoms with Gasteiger partial charge in [-0.25, -0.2) is 0 Å². The molecule has 148 valence electrons. The summed E-state index contributed by atoms with van der Waals surface area (Å²) < 4.78 is 16.1. The van der Waals surface area contributed by atoms with Crippen molar-refractivity contribution in [2.24, 2.45) is 0 Å². The van der Waals surface area contributed by atoms with Crippen molar-refractivity contribution in [1.29, 1.82) is 0 Å². The molecule has 0 aliphatic heterocycles. The fourth-order valence-electron chi connectivity index (χ4n) is 3.11. The molecule has 0 atom stereocenters. The van der Waals surface area contributed by atoms with Crippen molar-refractivity contribution in [3.05, 3.63) is 52.3 Å². The Hall–Kier alpha value is -3.81. The van der Waals surface area contributed by atoms with E-state index in [-0.39, 0.29) is 23.0 Å². The van der Waals surface area contributed by atoms with Crippen LogP contribution in [-0.2, 0) is 0 Å². The Balaban J connectivity index is 1.80. The Morgan fingerprint density at radius 3 is 2.76 bits per heavy atom. The normalized spacial score (nSPS) is 11.0. The first-order valence-electron chi connectivity index (χ1n) is 9.02. The molecule has 0 bridgehead atoms. The summed E-state index contributed by atoms with van der Waals surface area (Å²) in [5, 5.41) is 15.1. The van der Waals surface area contributed by atoms with Gasteiger partial charge in [0.2, 0.25) is 5.82 Å². The molecule has 0 spiro atoms. The van der Waals surface area contributed by atoms with Crippen LogP contribution in [0.4, 0.5) is 0 Å². The van der Waals surface area contributed by atoms with Crippen LogP contribution in [0.5, 0.6) is 17.2 Å². The number of methoxy groups -OCH3 is 1. The molecule has 0 unspecified atom stereocenters. The third-order valence-electron chi connectivity index (χ3n) is 4.50. The Morgan fingerprint density at radius 1 is 1.17 bits per heavy atom. The highest BCUT2D eigenvalue weighted by Crippen LogP contribution is 2.34. The average molecular weight is 393 g/mol. The number of aryl methyl sites for hydroxylation is 1. The monoisotopic (exact) mass is 393 g/mol. The maximum atomic E-state index is 12.5. The molecule has 0 saturated heterocycles. The predicted octanol–water partition coefficient (Wildman–Crippen LogP) is 3.67. The topological polar surface area (TPSA) is 110 Å². The number of aromatic amines is 1. The predicted molar refractivity (Wildman–Crippen MR) is 107 cm³/mol. The van der Waals surface area contributed by atoms with E-state index >= 15 is 0 Å². The van der Waals surface area contributed by atoms with Crippen molar-refractivity contribution in [2.45, 2.75) is 13.8 Å². The molecule has 4 rings (SSSR count). The van der Waals surface area contributed by atoms with E-state index in [0.29, 0.717) is 34.6 Å². The molecule has 0 aliphatic carbocycles. The van der Waals surface area contributed by atoms with Gasteiger partial charge in [0.15, 0.2) is 11.5 Å². The number of aromatic hydroxyl groups is 1. The Morgan fingerprint density at radius 2 is 2.00 bits per heavy atom. The third kappa shape index (κ3) is 3.29. The molecular formula is C21H19N3O5. The van der Waals surface area contributed by atoms with E-state index in [1.54, 1.807) is 30.3 Å². The van der Waals surface area contributed by atoms with Gasteiger partial charge >= 0.3 is 0 Å². The van der Waals surface area contributed by atoms with Gasteiger partial charge in [-0.1, -0.05) is 16.8 Å². The second kappa shape index (κ2) is 7.31. The van der Waals surface area contributed by atoms with Gasteiger partial charge in [0.1, 0.15) is 11.3 Å². The zero-order valence-corrected chi connectivity index (χ0v) is 16.1. The highest BCUT2D eigenvalue weighted by atomic mass is 16.5. The number of benzene rings is 2. The second-order valence-electron chi connectivity index (χ2n) is 6.45. The SMILES string of the molecule is CCOc1ccc(-c2noc(-c3c(O)c4cc(C)ccc4[nH]c3=O)n2)cc1OC. The van der Waals surface area contributed by atoms with Crippen LogP contribution in [0.25, 0.3) is 33.7 Å². The molecule has 0 radical (unpaired) electrons. The summed E-state index contributed by atoms with van der Waals surface area (Å²) in [6.45, 7) is 4.28. The minimum Gasteiger partial charge on any atom is -0.506 e. The molecular weight excluding hydrogens is 374 g/mol. The van der Waals surface area contributed by atoms with Crippen LogP contribution in [0.1, 0.15) is 12.5 Å². The minimum absolute atomic E-state index is 0.0697. The Kier molecular flexibility index (Phi) is 4.67. The van der Waals surface area contributed by atoms with Crippen LogP contribution in [0.15, 0.2) is 45.7 Å². The van der Waals surface area contributed by atoms with Crippen LogP contribution in [0.2, 0.25) is 0 Å². The Bertz CT molecular complexity index is 1260. The fourth-order valence-corrected chi connectivity index (χ4v) is 3.11. The van der Waals surface area contributed by atoms with Crippen LogP contribution in [0.3, 0.4) is 0 Å². The summed E-state index contributed by atoms with van der Waals surface area (Å²) in [7, 11) is 1.54. The van der Waals surface area contributed by atoms with E-state index in [1.807, 2.05) is 19.9 Å². The van der Waals surface area contributed by atoms with Gasteiger partial charge in [-0.15, -0.1) is 0 Å². The highest BCUT2D eigenvalue weighted by Gasteiger charge is 2.21. The van der Waals surface area contributed by atoms with Crippen molar-refractivity contribution in [2.75, 3.05) is 13.7 Å². The van der Waals surface area contributed by atoms with E-state index < -0.39 is 5.56 Å². The molecule has 2 heterocycles. The molecule has 0 saturated carbocycles. The third-order valence-corrected chi connectivity index (χ3v) is 4.50. The maximum Gasteiger partial charge on any atom is 0.267 e. The van der Waals surface area contributed by atoms with Gasteiger partial charge in [0, 0.05) is 10.9 Å². The van der Waals surface area contributed by atoms with E-state index in [2.05, 4.69) is 15.1 Å². The van der Waals surface area contributed by atoms with Gasteiger partial charge in [0.25, 0.3) is 11.4 Å². The standard InChI is InChI=1S/C21H19N3O5/c1-4-28-15-8-6-12(10-16(15)27-3)19-23-21(29-24-19)17-18(25)13-9-11(2)5-7-14(13)22-20(17)26/h5-10H,4H2,1-3H3,(H2,22,25,26). The first-order valence-corrected chi connectivity index (χ1v) is 9.02. The lowest BCUT2D eigenvalue weighted by molar-refractivity contribution is 0.311. The number of fused-ring (bicyclic) bond motifs is 1. The number of nitrogens with zero attached hydrogens (tertiary/aromatic N) is 2. The molecule has 8 heteroatoms. The molecule has 29 heavy (non-hydrogen) atoms. The molecule has 2 aromatic heterocycles. The van der Waals surface area contributed by atoms with E-state index in [4.69, 9.17) is 14.0 Å². The van der Waals surface area contributed by atoms with Crippen molar-refractivity contribution < 1.29 is 19.1 Å². The molecule has 8 nitrogen and oxygen atoms in total. The van der Waals surface area contributed by atoms with Gasteiger partial charge in [-0.3, -0.25) is 4.79 Å². The van der Waals surface area contributed by atoms with Crippen LogP contribution in [-0.4, -0.2) is 33.9 Å². The van der Waals surface area contributed by atoms with Gasteiger partial charge < -0.3 is 24.1 Å². The number of aromatic nitrogens is 3. The van der Waals surface area contributed by atoms with Gasteiger partial charge in [-0.2, -0.15) is 4.98 Å². The van der Waals surface area contributed by atoms with Crippen molar-refractivity contribution in [1.82, 2.24) is 15.1 Å². The molecule has 4 aromatic rings. The van der Waals surface area contributed by atoms with Crippen LogP contribution >= 0.6 is 0 Å². The van der Waals surface area contributed by atoms with Crippen LogP contribution in [0, 0.1) is 6.92 Å². The largest absolute Gasteiger partial charge is 0.506 e. The van der Waals surface area contributed by atoms with Crippen LogP contribution < -0.4 is 15.0 Å². The second-order valence-corrected chi connectivity index (χ2v) is 6.45. The highest BCUT2D eigenvalue weighted by molar-refractivity contribution is 5.90. The fraction of sp³-hybridized carbons (Fsp3) is 0.190. The first-order chi connectivity index (χ1) is 14.0. The number of pyridine rings is 1. The van der Waals surface area contributed by atoms with E-state index in [0.717, 1.165) is 5.56 Å². The van der Waals surface area contributed by atoms with Gasteiger partial charge in [0.05, 0.1) is 19.2 Å². The summed E-state index contributed by atoms with van der Waals surface area (Å²) in [6.07, 6.45) is 0. The van der Waals surface area contributed by atoms with Crippen molar-refractivity contribution in [3.63, 3.8) is 0 Å². The van der Waals surface area contributed by atoms with Gasteiger partial charge in [-0.05, 0) is 44.2 Å². The number of ether oxygens (including phenoxy) is 2. The number of nitrogens with one attached hydrogen (secondary N) is 1. The van der Waals surface area contributed by atoms with Crippen molar-refractivity contribution >= 4 is 10.9 Å². The smallest absolute Gasteiger partial charge is 0.267 e. The summed E-state index contributed by atoms with van der Waals surface area (Å²) in [4.78, 5) is 19.6. The van der Waals surface area contributed by atoms with Crippen molar-refractivity contribution in [3.8, 4) is 40.1 Å². The summed E-state index contributed by atoms with van der Waals surface area (Å²) in [6, 6.07) is 10.6. The molecule has 0 amide bonds. The minimum atomic E-state index is -0.515. The lowest BCUT2D eigenvalue weighted by atomic mass is 10.1. The maximum absolute atomic E-state index is 12.5. The summed E-state index contributed by atoms with van der Waals surface area (Å²) in [5.41, 5.74) is 1.50. The zero-order valence-electron chi connectivity index (χ0n) is 16.1. The number of H-pyrrole nitrogens is 1. The number of rotatable bonds is 5. The number of hydrogen-bond donors (Lipinski definition) is 2. The molecule has 2 aromatic carbocycles. The first kappa shape index (κ1) is 18.5.